The van der Waals surface area contributed by atoms with Crippen LogP contribution in [0.25, 0.3) is 16.8 Å². The van der Waals surface area contributed by atoms with Gasteiger partial charge in [0.1, 0.15) is 16.5 Å². The maximum absolute atomic E-state index is 13.0. The fourth-order valence-electron chi connectivity index (χ4n) is 3.26. The summed E-state index contributed by atoms with van der Waals surface area (Å²) in [5.41, 5.74) is 3.03. The van der Waals surface area contributed by atoms with Crippen molar-refractivity contribution in [1.29, 1.82) is 0 Å². The summed E-state index contributed by atoms with van der Waals surface area (Å²) in [6.45, 7) is 0. The van der Waals surface area contributed by atoms with Crippen molar-refractivity contribution in [1.82, 2.24) is 14.4 Å². The van der Waals surface area contributed by atoms with Crippen LogP contribution in [0.4, 0.5) is 5.69 Å². The number of anilines is 1. The molecular weight excluding hydrogens is 420 g/mol. The zero-order chi connectivity index (χ0) is 22.0. The highest BCUT2D eigenvalue weighted by molar-refractivity contribution is 6.32. The number of pyridine rings is 2. The fourth-order valence-corrected chi connectivity index (χ4v) is 3.49. The number of hydrogen-bond acceptors (Lipinski definition) is 6. The largest absolute Gasteiger partial charge is 0.493 e. The molecular formula is C22H19ClN4O4. The van der Waals surface area contributed by atoms with Crippen LogP contribution in [0.2, 0.25) is 5.15 Å². The number of nitrogens with zero attached hydrogens (tertiary/aromatic N) is 3. The number of hydrogen-bond donors (Lipinski definition) is 1. The second-order valence-corrected chi connectivity index (χ2v) is 6.86. The molecule has 0 saturated carbocycles. The van der Waals surface area contributed by atoms with Crippen LogP contribution < -0.4 is 19.5 Å². The molecule has 1 aromatic carbocycles. The predicted molar refractivity (Wildman–Crippen MR) is 117 cm³/mol. The zero-order valence-corrected chi connectivity index (χ0v) is 17.8. The van der Waals surface area contributed by atoms with E-state index in [2.05, 4.69) is 15.3 Å². The maximum atomic E-state index is 13.0. The lowest BCUT2D eigenvalue weighted by atomic mass is 10.1. The standard InChI is InChI=1S/C22H19ClN4O4/c1-29-17-9-14(10-18(30-2)20(17)31-3)26-22(28)16-11-25-19-7-6-13(12-27(16)19)15-5-4-8-24-21(15)23/h4-12H,1-3H3,(H,26,28). The van der Waals surface area contributed by atoms with Gasteiger partial charge in [0.05, 0.1) is 27.5 Å². The van der Waals surface area contributed by atoms with Gasteiger partial charge >= 0.3 is 0 Å². The average molecular weight is 439 g/mol. The van der Waals surface area contributed by atoms with E-state index in [9.17, 15) is 4.79 Å². The van der Waals surface area contributed by atoms with Crippen molar-refractivity contribution in [2.75, 3.05) is 26.6 Å². The van der Waals surface area contributed by atoms with E-state index >= 15 is 0 Å². The van der Waals surface area contributed by atoms with Crippen molar-refractivity contribution in [2.24, 2.45) is 0 Å². The van der Waals surface area contributed by atoms with Gasteiger partial charge in [0.25, 0.3) is 5.91 Å². The Morgan fingerprint density at radius 3 is 2.42 bits per heavy atom. The molecule has 31 heavy (non-hydrogen) atoms. The van der Waals surface area contributed by atoms with E-state index in [-0.39, 0.29) is 5.91 Å². The number of amides is 1. The van der Waals surface area contributed by atoms with Gasteiger partial charge in [-0.2, -0.15) is 0 Å². The Morgan fingerprint density at radius 2 is 1.77 bits per heavy atom. The molecule has 0 fully saturated rings. The highest BCUT2D eigenvalue weighted by Gasteiger charge is 2.18. The second kappa shape index (κ2) is 8.53. The Labute approximate surface area is 183 Å². The molecule has 0 radical (unpaired) electrons. The molecule has 0 aliphatic carbocycles. The first-order chi connectivity index (χ1) is 15.0. The van der Waals surface area contributed by atoms with Crippen LogP contribution in [0.3, 0.4) is 0 Å². The number of imidazole rings is 1. The summed E-state index contributed by atoms with van der Waals surface area (Å²) >= 11 is 6.23. The topological polar surface area (TPSA) is 87.0 Å². The molecule has 3 aromatic heterocycles. The van der Waals surface area contributed by atoms with Gasteiger partial charge in [-0.1, -0.05) is 11.6 Å². The van der Waals surface area contributed by atoms with Crippen LogP contribution in [0, 0.1) is 0 Å². The summed E-state index contributed by atoms with van der Waals surface area (Å²) in [6, 6.07) is 10.7. The average Bonchev–Trinajstić information content (AvgIpc) is 3.22. The number of fused-ring (bicyclic) bond motifs is 1. The van der Waals surface area contributed by atoms with Crippen molar-refractivity contribution in [3.05, 3.63) is 65.8 Å². The van der Waals surface area contributed by atoms with Crippen molar-refractivity contribution >= 4 is 28.8 Å². The van der Waals surface area contributed by atoms with Crippen molar-refractivity contribution in [2.45, 2.75) is 0 Å². The van der Waals surface area contributed by atoms with Crippen LogP contribution in [-0.2, 0) is 0 Å². The zero-order valence-electron chi connectivity index (χ0n) is 17.0. The molecule has 1 N–H and O–H groups in total. The summed E-state index contributed by atoms with van der Waals surface area (Å²) in [4.78, 5) is 21.5. The summed E-state index contributed by atoms with van der Waals surface area (Å²) in [7, 11) is 4.54. The number of nitrogens with one attached hydrogen (secondary N) is 1. The molecule has 0 saturated heterocycles. The maximum Gasteiger partial charge on any atom is 0.274 e. The minimum absolute atomic E-state index is 0.351. The van der Waals surface area contributed by atoms with E-state index in [4.69, 9.17) is 25.8 Å². The van der Waals surface area contributed by atoms with Gasteiger partial charge in [0.2, 0.25) is 5.75 Å². The van der Waals surface area contributed by atoms with Crippen LogP contribution >= 0.6 is 11.6 Å². The van der Waals surface area contributed by atoms with Crippen LogP contribution in [0.1, 0.15) is 10.5 Å². The highest BCUT2D eigenvalue weighted by Crippen LogP contribution is 2.40. The van der Waals surface area contributed by atoms with E-state index in [0.717, 1.165) is 11.1 Å². The number of methoxy groups -OCH3 is 3. The highest BCUT2D eigenvalue weighted by atomic mass is 35.5. The molecule has 0 unspecified atom stereocenters. The van der Waals surface area contributed by atoms with Crippen molar-refractivity contribution in [3.8, 4) is 28.4 Å². The van der Waals surface area contributed by atoms with E-state index in [1.54, 1.807) is 35.0 Å². The van der Waals surface area contributed by atoms with Crippen molar-refractivity contribution in [3.63, 3.8) is 0 Å². The number of halogens is 1. The Kier molecular flexibility index (Phi) is 5.64. The summed E-state index contributed by atoms with van der Waals surface area (Å²) in [5.74, 6) is 0.958. The van der Waals surface area contributed by atoms with Crippen molar-refractivity contribution < 1.29 is 19.0 Å². The molecule has 4 rings (SSSR count). The van der Waals surface area contributed by atoms with Crippen LogP contribution in [0.15, 0.2) is 55.0 Å². The Morgan fingerprint density at radius 1 is 1.03 bits per heavy atom. The third kappa shape index (κ3) is 3.85. The lowest BCUT2D eigenvalue weighted by molar-refractivity contribution is 0.102. The first kappa shape index (κ1) is 20.5. The normalized spacial score (nSPS) is 10.7. The molecule has 0 bridgehead atoms. The SMILES string of the molecule is COc1cc(NC(=O)c2cnc3ccc(-c4cccnc4Cl)cn23)cc(OC)c1OC. The number of carbonyl (C=O) groups is 1. The molecule has 1 amide bonds. The summed E-state index contributed by atoms with van der Waals surface area (Å²) < 4.78 is 17.7. The van der Waals surface area contributed by atoms with Gasteiger partial charge < -0.3 is 19.5 Å². The van der Waals surface area contributed by atoms with Gasteiger partial charge in [-0.15, -0.1) is 0 Å². The quantitative estimate of drug-likeness (QED) is 0.451. The van der Waals surface area contributed by atoms with Gasteiger partial charge in [-0.25, -0.2) is 9.97 Å². The molecule has 3 heterocycles. The molecule has 4 aromatic rings. The molecule has 0 aliphatic heterocycles. The lowest BCUT2D eigenvalue weighted by Crippen LogP contribution is -2.14. The minimum atomic E-state index is -0.351. The third-order valence-electron chi connectivity index (χ3n) is 4.73. The fraction of sp³-hybridized carbons (Fsp3) is 0.136. The Bertz CT molecular complexity index is 1250. The first-order valence-electron chi connectivity index (χ1n) is 9.25. The van der Waals surface area contributed by atoms with Crippen LogP contribution in [0.5, 0.6) is 17.2 Å². The van der Waals surface area contributed by atoms with Gasteiger partial charge in [-0.05, 0) is 24.3 Å². The number of aromatic nitrogens is 3. The predicted octanol–water partition coefficient (Wildman–Crippen LogP) is 4.33. The van der Waals surface area contributed by atoms with E-state index in [0.29, 0.717) is 39.4 Å². The third-order valence-corrected chi connectivity index (χ3v) is 5.03. The van der Waals surface area contributed by atoms with E-state index in [1.807, 2.05) is 18.2 Å². The molecule has 9 heteroatoms. The first-order valence-corrected chi connectivity index (χ1v) is 9.63. The number of ether oxygens (including phenoxy) is 3. The minimum Gasteiger partial charge on any atom is -0.493 e. The molecule has 8 nitrogen and oxygen atoms in total. The van der Waals surface area contributed by atoms with Gasteiger partial charge in [0, 0.05) is 41.3 Å². The summed E-state index contributed by atoms with van der Waals surface area (Å²) in [6.07, 6.45) is 4.93. The Balaban J connectivity index is 1.70. The second-order valence-electron chi connectivity index (χ2n) is 6.50. The van der Waals surface area contributed by atoms with Gasteiger partial charge in [0.15, 0.2) is 11.5 Å². The van der Waals surface area contributed by atoms with E-state index in [1.165, 1.54) is 27.5 Å². The van der Waals surface area contributed by atoms with Crippen LogP contribution in [-0.4, -0.2) is 41.6 Å². The lowest BCUT2D eigenvalue weighted by Gasteiger charge is -2.14. The molecule has 0 spiro atoms. The molecule has 0 aliphatic rings. The summed E-state index contributed by atoms with van der Waals surface area (Å²) in [5, 5.41) is 3.23. The number of rotatable bonds is 6. The van der Waals surface area contributed by atoms with E-state index < -0.39 is 0 Å². The Hall–Kier alpha value is -3.78. The van der Waals surface area contributed by atoms with Gasteiger partial charge in [-0.3, -0.25) is 9.20 Å². The monoisotopic (exact) mass is 438 g/mol. The molecule has 0 atom stereocenters. The smallest absolute Gasteiger partial charge is 0.274 e. The number of benzene rings is 1. The molecule has 158 valence electrons. The number of carbonyl (C=O) groups excluding carboxylic acids is 1.